The Balaban J connectivity index is 1.92. The summed E-state index contributed by atoms with van der Waals surface area (Å²) in [5.41, 5.74) is 1.98. The molecule has 1 aliphatic rings. The van der Waals surface area contributed by atoms with Gasteiger partial charge in [-0.1, -0.05) is 29.6 Å². The molecular weight excluding hydrogens is 374 g/mol. The molecule has 1 aromatic carbocycles. The Kier molecular flexibility index (Phi) is 4.99. The van der Waals surface area contributed by atoms with E-state index in [1.807, 2.05) is 0 Å². The number of alkyl halides is 3. The highest BCUT2D eigenvalue weighted by Crippen LogP contribution is 2.39. The van der Waals surface area contributed by atoms with Crippen molar-refractivity contribution in [3.8, 4) is 11.8 Å². The van der Waals surface area contributed by atoms with Crippen molar-refractivity contribution in [2.75, 3.05) is 0 Å². The number of halogens is 5. The molecule has 132 valence electrons. The summed E-state index contributed by atoms with van der Waals surface area (Å²) in [6.45, 7) is 0. The van der Waals surface area contributed by atoms with Crippen LogP contribution < -0.4 is 0 Å². The molecule has 1 fully saturated rings. The first-order valence-corrected chi connectivity index (χ1v) is 8.59. The second-order valence-corrected chi connectivity index (χ2v) is 6.95. The first kappa shape index (κ1) is 18.1. The quantitative estimate of drug-likeness (QED) is 0.663. The minimum atomic E-state index is -4.24. The van der Waals surface area contributed by atoms with Crippen LogP contribution >= 0.6 is 23.2 Å². The molecule has 0 unspecified atom stereocenters. The molecule has 1 saturated carbocycles. The van der Waals surface area contributed by atoms with Crippen molar-refractivity contribution in [3.05, 3.63) is 45.2 Å². The lowest BCUT2D eigenvalue weighted by atomic mass is 9.80. The maximum atomic E-state index is 12.4. The van der Waals surface area contributed by atoms with Gasteiger partial charge >= 0.3 is 6.18 Å². The van der Waals surface area contributed by atoms with E-state index in [1.54, 1.807) is 6.20 Å². The molecular formula is C17H14Cl2F3N3. The number of aromatic nitrogens is 2. The van der Waals surface area contributed by atoms with E-state index in [4.69, 9.17) is 23.2 Å². The van der Waals surface area contributed by atoms with Crippen LogP contribution in [0, 0.1) is 11.3 Å². The van der Waals surface area contributed by atoms with Crippen LogP contribution in [0.5, 0.6) is 0 Å². The van der Waals surface area contributed by atoms with Gasteiger partial charge in [0.25, 0.3) is 0 Å². The molecule has 0 radical (unpaired) electrons. The Morgan fingerprint density at radius 3 is 2.36 bits per heavy atom. The van der Waals surface area contributed by atoms with Gasteiger partial charge < -0.3 is 0 Å². The monoisotopic (exact) mass is 387 g/mol. The van der Waals surface area contributed by atoms with Crippen LogP contribution in [0.3, 0.4) is 0 Å². The minimum Gasteiger partial charge on any atom is -0.236 e. The van der Waals surface area contributed by atoms with E-state index >= 15 is 0 Å². The maximum absolute atomic E-state index is 12.4. The highest BCUT2D eigenvalue weighted by molar-refractivity contribution is 6.37. The van der Waals surface area contributed by atoms with Crippen LogP contribution in [0.15, 0.2) is 18.3 Å². The van der Waals surface area contributed by atoms with E-state index in [2.05, 4.69) is 11.2 Å². The third kappa shape index (κ3) is 3.94. The van der Waals surface area contributed by atoms with Crippen molar-refractivity contribution in [3.63, 3.8) is 0 Å². The lowest BCUT2D eigenvalue weighted by Crippen LogP contribution is -2.09. The van der Waals surface area contributed by atoms with Gasteiger partial charge in [0.1, 0.15) is 11.8 Å². The number of hydrogen-bond donors (Lipinski definition) is 0. The third-order valence-corrected chi connectivity index (χ3v) is 4.97. The molecule has 0 atom stereocenters. The van der Waals surface area contributed by atoms with E-state index in [9.17, 15) is 18.4 Å². The predicted molar refractivity (Wildman–Crippen MR) is 89.3 cm³/mol. The Hall–Kier alpha value is -1.71. The van der Waals surface area contributed by atoms with Gasteiger partial charge in [0.15, 0.2) is 5.69 Å². The SMILES string of the molecule is N#Cc1nn(-c2c(Cl)cc(CCC(F)(F)F)cc2Cl)cc1C1CCC1. The highest BCUT2D eigenvalue weighted by Gasteiger charge is 2.28. The molecule has 0 amide bonds. The van der Waals surface area contributed by atoms with E-state index in [1.165, 1.54) is 16.8 Å². The number of nitrogens with zero attached hydrogens (tertiary/aromatic N) is 3. The molecule has 0 spiro atoms. The number of hydrogen-bond acceptors (Lipinski definition) is 2. The van der Waals surface area contributed by atoms with Crippen molar-refractivity contribution in [1.82, 2.24) is 9.78 Å². The zero-order valence-corrected chi connectivity index (χ0v) is 14.6. The van der Waals surface area contributed by atoms with Crippen LogP contribution in [-0.4, -0.2) is 16.0 Å². The first-order chi connectivity index (χ1) is 11.8. The van der Waals surface area contributed by atoms with Crippen molar-refractivity contribution in [2.24, 2.45) is 0 Å². The van der Waals surface area contributed by atoms with Crippen molar-refractivity contribution in [2.45, 2.75) is 44.2 Å². The second-order valence-electron chi connectivity index (χ2n) is 6.14. The molecule has 1 aromatic heterocycles. The molecule has 2 aromatic rings. The van der Waals surface area contributed by atoms with Crippen LogP contribution in [0.1, 0.15) is 48.4 Å². The second kappa shape index (κ2) is 6.89. The summed E-state index contributed by atoms with van der Waals surface area (Å²) < 4.78 is 38.6. The summed E-state index contributed by atoms with van der Waals surface area (Å²) in [5.74, 6) is 0.312. The van der Waals surface area contributed by atoms with Gasteiger partial charge in [-0.2, -0.15) is 23.5 Å². The van der Waals surface area contributed by atoms with Gasteiger partial charge in [-0.3, -0.25) is 0 Å². The van der Waals surface area contributed by atoms with E-state index in [-0.39, 0.29) is 16.5 Å². The average molecular weight is 388 g/mol. The van der Waals surface area contributed by atoms with Gasteiger partial charge in [-0.15, -0.1) is 0 Å². The normalized spacial score (nSPS) is 15.0. The van der Waals surface area contributed by atoms with E-state index < -0.39 is 12.6 Å². The van der Waals surface area contributed by atoms with Crippen LogP contribution in [0.4, 0.5) is 13.2 Å². The van der Waals surface area contributed by atoms with Gasteiger partial charge in [0.05, 0.1) is 10.0 Å². The topological polar surface area (TPSA) is 41.6 Å². The lowest BCUT2D eigenvalue weighted by molar-refractivity contribution is -0.133. The van der Waals surface area contributed by atoms with Gasteiger partial charge in [-0.05, 0) is 42.9 Å². The molecule has 0 aliphatic heterocycles. The van der Waals surface area contributed by atoms with Gasteiger partial charge in [-0.25, -0.2) is 4.68 Å². The number of nitriles is 1. The molecule has 1 aliphatic carbocycles. The molecule has 8 heteroatoms. The molecule has 1 heterocycles. The van der Waals surface area contributed by atoms with E-state index in [0.717, 1.165) is 24.8 Å². The highest BCUT2D eigenvalue weighted by atomic mass is 35.5. The molecule has 0 bridgehead atoms. The fraction of sp³-hybridized carbons (Fsp3) is 0.412. The standard InChI is InChI=1S/C17H14Cl2F3N3/c18-13-6-10(4-5-17(20,21)22)7-14(19)16(13)25-9-12(11-2-1-3-11)15(8-23)24-25/h6-7,9,11H,1-5H2. The van der Waals surface area contributed by atoms with Crippen LogP contribution in [0.25, 0.3) is 5.69 Å². The minimum absolute atomic E-state index is 0.195. The fourth-order valence-electron chi connectivity index (χ4n) is 2.87. The average Bonchev–Trinajstić information content (AvgIpc) is 2.85. The zero-order valence-electron chi connectivity index (χ0n) is 13.1. The number of rotatable bonds is 4. The largest absolute Gasteiger partial charge is 0.389 e. The summed E-state index contributed by atoms with van der Waals surface area (Å²) in [5, 5.41) is 13.9. The summed E-state index contributed by atoms with van der Waals surface area (Å²) in [7, 11) is 0. The lowest BCUT2D eigenvalue weighted by Gasteiger charge is -2.24. The van der Waals surface area contributed by atoms with Crippen molar-refractivity contribution in [1.29, 1.82) is 5.26 Å². The maximum Gasteiger partial charge on any atom is 0.389 e. The molecule has 3 nitrogen and oxygen atoms in total. The summed E-state index contributed by atoms with van der Waals surface area (Å²) >= 11 is 12.5. The van der Waals surface area contributed by atoms with Gasteiger partial charge in [0.2, 0.25) is 0 Å². The number of aryl methyl sites for hydroxylation is 1. The van der Waals surface area contributed by atoms with Crippen LogP contribution in [0.2, 0.25) is 10.0 Å². The molecule has 25 heavy (non-hydrogen) atoms. The summed E-state index contributed by atoms with van der Waals surface area (Å²) in [6, 6.07) is 5.01. The first-order valence-electron chi connectivity index (χ1n) is 7.83. The Morgan fingerprint density at radius 1 is 1.24 bits per heavy atom. The van der Waals surface area contributed by atoms with Gasteiger partial charge in [0, 0.05) is 18.2 Å². The fourth-order valence-corrected chi connectivity index (χ4v) is 3.58. The molecule has 0 saturated heterocycles. The number of benzene rings is 1. The van der Waals surface area contributed by atoms with Crippen LogP contribution in [-0.2, 0) is 6.42 Å². The Labute approximate surface area is 153 Å². The Morgan fingerprint density at radius 2 is 1.88 bits per heavy atom. The molecule has 3 rings (SSSR count). The summed E-state index contributed by atoms with van der Waals surface area (Å²) in [6.07, 6.45) is -0.485. The van der Waals surface area contributed by atoms with E-state index in [0.29, 0.717) is 22.9 Å². The Bertz CT molecular complexity index is 810. The van der Waals surface area contributed by atoms with Crippen molar-refractivity contribution < 1.29 is 13.2 Å². The summed E-state index contributed by atoms with van der Waals surface area (Å²) in [4.78, 5) is 0. The van der Waals surface area contributed by atoms with Crippen molar-refractivity contribution >= 4 is 23.2 Å². The zero-order chi connectivity index (χ0) is 18.2. The third-order valence-electron chi connectivity index (χ3n) is 4.40. The predicted octanol–water partition coefficient (Wildman–Crippen LogP) is 5.81. The smallest absolute Gasteiger partial charge is 0.236 e. The molecule has 0 N–H and O–H groups in total.